The highest BCUT2D eigenvalue weighted by atomic mass is 35.5. The summed E-state index contributed by atoms with van der Waals surface area (Å²) < 4.78 is 12.9. The van der Waals surface area contributed by atoms with Crippen LogP contribution in [-0.4, -0.2) is 9.97 Å². The summed E-state index contributed by atoms with van der Waals surface area (Å²) in [4.78, 5) is 8.71. The third-order valence-corrected chi connectivity index (χ3v) is 2.68. The van der Waals surface area contributed by atoms with Crippen LogP contribution in [0.1, 0.15) is 0 Å². The van der Waals surface area contributed by atoms with E-state index in [1.807, 2.05) is 0 Å². The predicted molar refractivity (Wildman–Crippen MR) is 57.6 cm³/mol. The maximum absolute atomic E-state index is 12.9. The minimum atomic E-state index is -0.269. The minimum Gasteiger partial charge on any atom is -0.259 e. The Morgan fingerprint density at radius 2 is 2.13 bits per heavy atom. The van der Waals surface area contributed by atoms with Crippen molar-refractivity contribution in [1.29, 1.82) is 0 Å². The summed E-state index contributed by atoms with van der Waals surface area (Å²) in [5.41, 5.74) is 0. The first kappa shape index (κ1) is 10.4. The Balaban J connectivity index is 2.22. The lowest BCUT2D eigenvalue weighted by Gasteiger charge is -2.00. The molecule has 1 aromatic carbocycles. The Morgan fingerprint density at radius 1 is 1.27 bits per heavy atom. The van der Waals surface area contributed by atoms with Crippen molar-refractivity contribution in [3.63, 3.8) is 0 Å². The molecule has 0 aliphatic carbocycles. The Hall–Kier alpha value is -1.13. The van der Waals surface area contributed by atoms with E-state index in [-0.39, 0.29) is 5.82 Å². The number of hydrogen-bond acceptors (Lipinski definition) is 3. The van der Waals surface area contributed by atoms with Crippen LogP contribution in [0.4, 0.5) is 4.39 Å². The van der Waals surface area contributed by atoms with E-state index in [9.17, 15) is 4.39 Å². The van der Waals surface area contributed by atoms with Crippen molar-refractivity contribution in [3.8, 4) is 0 Å². The monoisotopic (exact) mass is 240 g/mol. The topological polar surface area (TPSA) is 25.8 Å². The van der Waals surface area contributed by atoms with Crippen molar-refractivity contribution in [2.24, 2.45) is 0 Å². The molecule has 15 heavy (non-hydrogen) atoms. The molecule has 0 amide bonds. The van der Waals surface area contributed by atoms with E-state index in [4.69, 9.17) is 11.6 Å². The average Bonchev–Trinajstić information content (AvgIpc) is 2.17. The van der Waals surface area contributed by atoms with E-state index < -0.39 is 0 Å². The molecular formula is C10H6ClFN2S. The van der Waals surface area contributed by atoms with Gasteiger partial charge in [-0.05, 0) is 18.2 Å². The van der Waals surface area contributed by atoms with Crippen LogP contribution in [0.2, 0.25) is 5.15 Å². The van der Waals surface area contributed by atoms with Crippen LogP contribution in [0.15, 0.2) is 46.6 Å². The Morgan fingerprint density at radius 3 is 2.87 bits per heavy atom. The van der Waals surface area contributed by atoms with E-state index in [1.54, 1.807) is 18.3 Å². The largest absolute Gasteiger partial charge is 0.259 e. The summed E-state index contributed by atoms with van der Waals surface area (Å²) in [5, 5.41) is 0.976. The zero-order chi connectivity index (χ0) is 10.7. The molecule has 2 rings (SSSR count). The first-order valence-corrected chi connectivity index (χ1v) is 5.34. The second-order valence-corrected chi connectivity index (χ2v) is 4.22. The van der Waals surface area contributed by atoms with Gasteiger partial charge in [-0.2, -0.15) is 0 Å². The molecule has 2 aromatic rings. The highest BCUT2D eigenvalue weighted by molar-refractivity contribution is 7.99. The van der Waals surface area contributed by atoms with Gasteiger partial charge >= 0.3 is 0 Å². The summed E-state index contributed by atoms with van der Waals surface area (Å²) in [6.07, 6.45) is 3.04. The van der Waals surface area contributed by atoms with Crippen molar-refractivity contribution in [2.75, 3.05) is 0 Å². The second kappa shape index (κ2) is 4.59. The molecule has 0 radical (unpaired) electrons. The maximum atomic E-state index is 12.9. The molecule has 0 atom stereocenters. The van der Waals surface area contributed by atoms with Gasteiger partial charge in [0.25, 0.3) is 0 Å². The molecule has 0 spiro atoms. The van der Waals surface area contributed by atoms with Gasteiger partial charge in [-0.25, -0.2) is 9.37 Å². The quantitative estimate of drug-likeness (QED) is 0.805. The van der Waals surface area contributed by atoms with Crippen LogP contribution in [-0.2, 0) is 0 Å². The molecule has 0 N–H and O–H groups in total. The number of nitrogens with zero attached hydrogens (tertiary/aromatic N) is 2. The zero-order valence-electron chi connectivity index (χ0n) is 7.52. The number of aromatic nitrogens is 2. The fraction of sp³-hybridized carbons (Fsp3) is 0. The predicted octanol–water partition coefficient (Wildman–Crippen LogP) is 3.42. The van der Waals surface area contributed by atoms with Gasteiger partial charge in [0.1, 0.15) is 16.0 Å². The van der Waals surface area contributed by atoms with Crippen LogP contribution in [0.3, 0.4) is 0 Å². The van der Waals surface area contributed by atoms with Gasteiger partial charge in [-0.3, -0.25) is 4.98 Å². The number of halogens is 2. The summed E-state index contributed by atoms with van der Waals surface area (Å²) in [7, 11) is 0. The molecule has 0 unspecified atom stereocenters. The maximum Gasteiger partial charge on any atom is 0.148 e. The van der Waals surface area contributed by atoms with Gasteiger partial charge in [0.2, 0.25) is 0 Å². The third-order valence-electron chi connectivity index (χ3n) is 1.60. The van der Waals surface area contributed by atoms with Crippen molar-refractivity contribution < 1.29 is 4.39 Å². The Kier molecular flexibility index (Phi) is 3.18. The molecule has 0 fully saturated rings. The number of hydrogen-bond donors (Lipinski definition) is 0. The molecule has 0 saturated carbocycles. The molecule has 0 saturated heterocycles. The average molecular weight is 241 g/mol. The standard InChI is InChI=1S/C10H6ClFN2S/c11-9-5-13-6-10(14-9)15-8-3-1-2-7(12)4-8/h1-6H. The Bertz CT molecular complexity index is 435. The number of benzene rings is 1. The van der Waals surface area contributed by atoms with E-state index in [2.05, 4.69) is 9.97 Å². The SMILES string of the molecule is Fc1cccc(Sc2cncc(Cl)n2)c1. The van der Waals surface area contributed by atoms with Gasteiger partial charge in [-0.15, -0.1) is 0 Å². The third kappa shape index (κ3) is 2.91. The fourth-order valence-corrected chi connectivity index (χ4v) is 2.04. The number of rotatable bonds is 2. The normalized spacial score (nSPS) is 10.3. The fourth-order valence-electron chi connectivity index (χ4n) is 1.03. The van der Waals surface area contributed by atoms with E-state index in [0.29, 0.717) is 10.2 Å². The summed E-state index contributed by atoms with van der Waals surface area (Å²) >= 11 is 7.00. The molecule has 76 valence electrons. The van der Waals surface area contributed by atoms with Crippen LogP contribution < -0.4 is 0 Å². The van der Waals surface area contributed by atoms with Gasteiger partial charge < -0.3 is 0 Å². The molecule has 0 aliphatic heterocycles. The lowest BCUT2D eigenvalue weighted by molar-refractivity contribution is 0.624. The Labute approximate surface area is 95.5 Å². The molecular weight excluding hydrogens is 235 g/mol. The molecule has 0 aliphatic rings. The van der Waals surface area contributed by atoms with Crippen LogP contribution in [0.5, 0.6) is 0 Å². The lowest BCUT2D eigenvalue weighted by Crippen LogP contribution is -1.83. The van der Waals surface area contributed by atoms with Gasteiger partial charge in [0.05, 0.1) is 12.4 Å². The van der Waals surface area contributed by atoms with E-state index >= 15 is 0 Å². The van der Waals surface area contributed by atoms with E-state index in [0.717, 1.165) is 4.90 Å². The highest BCUT2D eigenvalue weighted by Gasteiger charge is 2.01. The summed E-state index contributed by atoms with van der Waals surface area (Å²) in [6.45, 7) is 0. The molecule has 5 heteroatoms. The van der Waals surface area contributed by atoms with Crippen molar-refractivity contribution in [3.05, 3.63) is 47.6 Å². The van der Waals surface area contributed by atoms with Crippen LogP contribution in [0, 0.1) is 5.82 Å². The highest BCUT2D eigenvalue weighted by Crippen LogP contribution is 2.26. The molecule has 2 nitrogen and oxygen atoms in total. The smallest absolute Gasteiger partial charge is 0.148 e. The minimum absolute atomic E-state index is 0.269. The van der Waals surface area contributed by atoms with Gasteiger partial charge in [0.15, 0.2) is 0 Å². The lowest BCUT2D eigenvalue weighted by atomic mass is 10.4. The summed E-state index contributed by atoms with van der Waals surface area (Å²) in [6, 6.07) is 6.28. The molecule has 1 heterocycles. The molecule has 1 aromatic heterocycles. The second-order valence-electron chi connectivity index (χ2n) is 2.74. The summed E-state index contributed by atoms with van der Waals surface area (Å²) in [5.74, 6) is -0.269. The van der Waals surface area contributed by atoms with Gasteiger partial charge in [0, 0.05) is 4.90 Å². The first-order chi connectivity index (χ1) is 7.24. The first-order valence-electron chi connectivity index (χ1n) is 4.15. The zero-order valence-corrected chi connectivity index (χ0v) is 9.10. The van der Waals surface area contributed by atoms with Crippen molar-refractivity contribution >= 4 is 23.4 Å². The van der Waals surface area contributed by atoms with Crippen molar-refractivity contribution in [2.45, 2.75) is 9.92 Å². The molecule has 0 bridgehead atoms. The van der Waals surface area contributed by atoms with E-state index in [1.165, 1.54) is 30.1 Å². The van der Waals surface area contributed by atoms with Gasteiger partial charge in [-0.1, -0.05) is 29.4 Å². The van der Waals surface area contributed by atoms with Crippen LogP contribution >= 0.6 is 23.4 Å². The van der Waals surface area contributed by atoms with Crippen molar-refractivity contribution in [1.82, 2.24) is 9.97 Å². The van der Waals surface area contributed by atoms with Crippen LogP contribution in [0.25, 0.3) is 0 Å².